The number of nitrogens with one attached hydrogen (secondary N) is 1. The van der Waals surface area contributed by atoms with E-state index in [1.807, 2.05) is 12.1 Å². The largest absolute Gasteiger partial charge is 0.494 e. The Morgan fingerprint density at radius 3 is 2.47 bits per heavy atom. The van der Waals surface area contributed by atoms with Crippen LogP contribution in [0.1, 0.15) is 37.8 Å². The molecule has 0 heterocycles. The van der Waals surface area contributed by atoms with Gasteiger partial charge < -0.3 is 9.47 Å². The highest BCUT2D eigenvalue weighted by Crippen LogP contribution is 2.39. The molecule has 2 rings (SSSR count). The van der Waals surface area contributed by atoms with Gasteiger partial charge in [-0.3, -0.25) is 11.3 Å². The molecule has 1 aromatic carbocycles. The molecule has 1 saturated carbocycles. The molecule has 1 aromatic rings. The summed E-state index contributed by atoms with van der Waals surface area (Å²) in [6, 6.07) is 8.15. The number of ether oxygens (including phenoxy) is 2. The number of methoxy groups -OCH3 is 1. The minimum atomic E-state index is 0.0396. The predicted molar refractivity (Wildman–Crippen MR) is 75.8 cm³/mol. The average molecular weight is 264 g/mol. The van der Waals surface area contributed by atoms with Crippen LogP contribution < -0.4 is 16.0 Å². The maximum absolute atomic E-state index is 5.70. The van der Waals surface area contributed by atoms with Gasteiger partial charge in [0.25, 0.3) is 0 Å². The van der Waals surface area contributed by atoms with Crippen molar-refractivity contribution >= 4 is 0 Å². The molecular weight excluding hydrogens is 240 g/mol. The Morgan fingerprint density at radius 1 is 1.32 bits per heavy atom. The Labute approximate surface area is 115 Å². The van der Waals surface area contributed by atoms with Crippen LogP contribution in [0.4, 0.5) is 0 Å². The molecule has 0 radical (unpaired) electrons. The normalized spacial score (nSPS) is 18.1. The summed E-state index contributed by atoms with van der Waals surface area (Å²) in [7, 11) is 1.76. The molecule has 1 aliphatic carbocycles. The Morgan fingerprint density at radius 2 is 2.00 bits per heavy atom. The van der Waals surface area contributed by atoms with E-state index in [1.54, 1.807) is 7.11 Å². The highest BCUT2D eigenvalue weighted by atomic mass is 16.5. The standard InChI is InChI=1S/C15H24N2O2/c1-3-10-19-13-8-6-11(7-9-13)14(17-16)15(18-2)12-4-5-12/h6-9,12,14-15,17H,3-5,10,16H2,1-2H3. The van der Waals surface area contributed by atoms with E-state index >= 15 is 0 Å². The maximum Gasteiger partial charge on any atom is 0.119 e. The zero-order chi connectivity index (χ0) is 13.7. The number of rotatable bonds is 8. The molecule has 0 saturated heterocycles. The van der Waals surface area contributed by atoms with Crippen LogP contribution in [0.15, 0.2) is 24.3 Å². The zero-order valence-corrected chi connectivity index (χ0v) is 11.8. The van der Waals surface area contributed by atoms with Crippen molar-refractivity contribution in [2.24, 2.45) is 11.8 Å². The van der Waals surface area contributed by atoms with Crippen molar-refractivity contribution in [1.82, 2.24) is 5.43 Å². The van der Waals surface area contributed by atoms with E-state index < -0.39 is 0 Å². The molecule has 106 valence electrons. The Balaban J connectivity index is 2.05. The molecule has 4 nitrogen and oxygen atoms in total. The summed E-state index contributed by atoms with van der Waals surface area (Å²) in [6.07, 6.45) is 3.62. The first kappa shape index (κ1) is 14.3. The first-order chi connectivity index (χ1) is 9.30. The minimum Gasteiger partial charge on any atom is -0.494 e. The van der Waals surface area contributed by atoms with Crippen LogP contribution in [-0.4, -0.2) is 19.8 Å². The van der Waals surface area contributed by atoms with Crippen LogP contribution in [0.3, 0.4) is 0 Å². The lowest BCUT2D eigenvalue weighted by molar-refractivity contribution is 0.0506. The first-order valence-electron chi connectivity index (χ1n) is 7.01. The third-order valence-corrected chi connectivity index (χ3v) is 3.58. The first-order valence-corrected chi connectivity index (χ1v) is 7.01. The third-order valence-electron chi connectivity index (χ3n) is 3.58. The van der Waals surface area contributed by atoms with Gasteiger partial charge in [0.05, 0.1) is 18.8 Å². The monoisotopic (exact) mass is 264 g/mol. The summed E-state index contributed by atoms with van der Waals surface area (Å²) in [5.74, 6) is 7.24. The van der Waals surface area contributed by atoms with E-state index in [-0.39, 0.29) is 12.1 Å². The number of hydrogen-bond donors (Lipinski definition) is 2. The highest BCUT2D eigenvalue weighted by molar-refractivity contribution is 5.30. The van der Waals surface area contributed by atoms with E-state index in [4.69, 9.17) is 15.3 Å². The van der Waals surface area contributed by atoms with Crippen LogP contribution in [0.2, 0.25) is 0 Å². The summed E-state index contributed by atoms with van der Waals surface area (Å²) >= 11 is 0. The van der Waals surface area contributed by atoms with E-state index in [0.29, 0.717) is 5.92 Å². The van der Waals surface area contributed by atoms with Crippen molar-refractivity contribution in [2.45, 2.75) is 38.3 Å². The lowest BCUT2D eigenvalue weighted by atomic mass is 9.98. The third kappa shape index (κ3) is 3.69. The Bertz CT molecular complexity index is 376. The van der Waals surface area contributed by atoms with Gasteiger partial charge in [0.2, 0.25) is 0 Å². The fourth-order valence-electron chi connectivity index (χ4n) is 2.40. The van der Waals surface area contributed by atoms with Crippen LogP contribution >= 0.6 is 0 Å². The van der Waals surface area contributed by atoms with Gasteiger partial charge >= 0.3 is 0 Å². The fraction of sp³-hybridized carbons (Fsp3) is 0.600. The summed E-state index contributed by atoms with van der Waals surface area (Å²) in [4.78, 5) is 0. The van der Waals surface area contributed by atoms with Crippen molar-refractivity contribution in [3.63, 3.8) is 0 Å². The van der Waals surface area contributed by atoms with Crippen molar-refractivity contribution in [1.29, 1.82) is 0 Å². The van der Waals surface area contributed by atoms with Crippen molar-refractivity contribution < 1.29 is 9.47 Å². The van der Waals surface area contributed by atoms with Gasteiger partial charge in [-0.05, 0) is 42.9 Å². The molecule has 0 aromatic heterocycles. The molecule has 4 heteroatoms. The molecule has 0 bridgehead atoms. The van der Waals surface area contributed by atoms with E-state index in [2.05, 4.69) is 24.5 Å². The van der Waals surface area contributed by atoms with Gasteiger partial charge in [-0.2, -0.15) is 0 Å². The zero-order valence-electron chi connectivity index (χ0n) is 11.8. The predicted octanol–water partition coefficient (Wildman–Crippen LogP) is 2.40. The molecule has 19 heavy (non-hydrogen) atoms. The van der Waals surface area contributed by atoms with E-state index in [9.17, 15) is 0 Å². The van der Waals surface area contributed by atoms with Gasteiger partial charge in [0.15, 0.2) is 0 Å². The molecule has 0 spiro atoms. The minimum absolute atomic E-state index is 0.0396. The average Bonchev–Trinajstić information content (AvgIpc) is 3.27. The lowest BCUT2D eigenvalue weighted by Gasteiger charge is -2.26. The summed E-state index contributed by atoms with van der Waals surface area (Å²) < 4.78 is 11.2. The molecule has 1 fully saturated rings. The highest BCUT2D eigenvalue weighted by Gasteiger charge is 2.37. The summed E-state index contributed by atoms with van der Waals surface area (Å²) in [5.41, 5.74) is 4.03. The molecule has 2 atom stereocenters. The van der Waals surface area contributed by atoms with Gasteiger partial charge in [-0.1, -0.05) is 19.1 Å². The second-order valence-corrected chi connectivity index (χ2v) is 5.10. The lowest BCUT2D eigenvalue weighted by Crippen LogP contribution is -2.38. The van der Waals surface area contributed by atoms with Gasteiger partial charge in [0.1, 0.15) is 5.75 Å². The number of hydrogen-bond acceptors (Lipinski definition) is 4. The molecular formula is C15H24N2O2. The number of hydrazine groups is 1. The van der Waals surface area contributed by atoms with Crippen molar-refractivity contribution in [3.05, 3.63) is 29.8 Å². The second kappa shape index (κ2) is 6.89. The molecule has 3 N–H and O–H groups in total. The Hall–Kier alpha value is -1.10. The van der Waals surface area contributed by atoms with Crippen LogP contribution in [0, 0.1) is 5.92 Å². The second-order valence-electron chi connectivity index (χ2n) is 5.10. The molecule has 0 amide bonds. The smallest absolute Gasteiger partial charge is 0.119 e. The Kier molecular flexibility index (Phi) is 5.19. The summed E-state index contributed by atoms with van der Waals surface area (Å²) in [5, 5.41) is 0. The van der Waals surface area contributed by atoms with E-state index in [1.165, 1.54) is 12.8 Å². The number of nitrogens with two attached hydrogens (primary N) is 1. The van der Waals surface area contributed by atoms with Crippen molar-refractivity contribution in [2.75, 3.05) is 13.7 Å². The molecule has 1 aliphatic rings. The fourth-order valence-corrected chi connectivity index (χ4v) is 2.40. The SMILES string of the molecule is CCCOc1ccc(C(NN)C(OC)C2CC2)cc1. The molecule has 0 aliphatic heterocycles. The van der Waals surface area contributed by atoms with Crippen LogP contribution in [0.25, 0.3) is 0 Å². The summed E-state index contributed by atoms with van der Waals surface area (Å²) in [6.45, 7) is 2.85. The van der Waals surface area contributed by atoms with Crippen molar-refractivity contribution in [3.8, 4) is 5.75 Å². The van der Waals surface area contributed by atoms with Crippen LogP contribution in [-0.2, 0) is 4.74 Å². The maximum atomic E-state index is 5.70. The molecule has 2 unspecified atom stereocenters. The van der Waals surface area contributed by atoms with Gasteiger partial charge in [-0.15, -0.1) is 0 Å². The topological polar surface area (TPSA) is 56.5 Å². The van der Waals surface area contributed by atoms with Gasteiger partial charge in [0, 0.05) is 7.11 Å². The van der Waals surface area contributed by atoms with Gasteiger partial charge in [-0.25, -0.2) is 0 Å². The van der Waals surface area contributed by atoms with Crippen LogP contribution in [0.5, 0.6) is 5.75 Å². The van der Waals surface area contributed by atoms with E-state index in [0.717, 1.165) is 24.3 Å². The quantitative estimate of drug-likeness (QED) is 0.559. The number of benzene rings is 1.